The van der Waals surface area contributed by atoms with Crippen molar-refractivity contribution in [1.29, 1.82) is 0 Å². The third kappa shape index (κ3) is 4.15. The SMILES string of the molecule is CCc1nc(-c2cc(S(=O)(=O)Nc3cc(OC)c(OC)c(OC)c3)c(C)s2)no1. The maximum atomic E-state index is 13.0. The van der Waals surface area contributed by atoms with Crippen molar-refractivity contribution >= 4 is 27.0 Å². The van der Waals surface area contributed by atoms with E-state index < -0.39 is 10.0 Å². The number of hydrogen-bond donors (Lipinski definition) is 1. The lowest BCUT2D eigenvalue weighted by molar-refractivity contribution is 0.325. The van der Waals surface area contributed by atoms with E-state index in [0.717, 1.165) is 0 Å². The van der Waals surface area contributed by atoms with Gasteiger partial charge in [0, 0.05) is 23.4 Å². The molecule has 0 saturated carbocycles. The maximum absolute atomic E-state index is 13.0. The number of sulfonamides is 1. The smallest absolute Gasteiger partial charge is 0.263 e. The molecule has 0 atom stereocenters. The fourth-order valence-electron chi connectivity index (χ4n) is 2.69. The summed E-state index contributed by atoms with van der Waals surface area (Å²) in [7, 11) is 0.515. The second-order valence-corrected chi connectivity index (χ2v) is 8.82. The zero-order valence-electron chi connectivity index (χ0n) is 16.6. The number of nitrogens with one attached hydrogen (secondary N) is 1. The van der Waals surface area contributed by atoms with Crippen LogP contribution in [0.15, 0.2) is 27.6 Å². The van der Waals surface area contributed by atoms with Gasteiger partial charge in [-0.15, -0.1) is 11.3 Å². The van der Waals surface area contributed by atoms with Crippen molar-refractivity contribution < 1.29 is 27.2 Å². The third-order valence-corrected chi connectivity index (χ3v) is 6.75. The number of benzene rings is 1. The number of aromatic nitrogens is 2. The lowest BCUT2D eigenvalue weighted by Gasteiger charge is -2.15. The molecule has 0 radical (unpaired) electrons. The van der Waals surface area contributed by atoms with Crippen LogP contribution in [0.3, 0.4) is 0 Å². The van der Waals surface area contributed by atoms with E-state index in [4.69, 9.17) is 18.7 Å². The van der Waals surface area contributed by atoms with E-state index >= 15 is 0 Å². The van der Waals surface area contributed by atoms with Gasteiger partial charge in [-0.2, -0.15) is 4.98 Å². The molecule has 0 aliphatic heterocycles. The molecule has 3 rings (SSSR count). The predicted octanol–water partition coefficient (Wildman–Crippen LogP) is 3.50. The van der Waals surface area contributed by atoms with Gasteiger partial charge in [0.2, 0.25) is 17.5 Å². The van der Waals surface area contributed by atoms with Gasteiger partial charge in [0.05, 0.1) is 31.9 Å². The minimum atomic E-state index is -3.88. The number of anilines is 1. The van der Waals surface area contributed by atoms with Crippen LogP contribution in [0.4, 0.5) is 5.69 Å². The molecule has 1 N–H and O–H groups in total. The molecule has 0 spiro atoms. The molecule has 156 valence electrons. The summed E-state index contributed by atoms with van der Waals surface area (Å²) in [5, 5.41) is 3.90. The van der Waals surface area contributed by atoms with E-state index in [1.54, 1.807) is 6.92 Å². The zero-order valence-corrected chi connectivity index (χ0v) is 18.2. The molecule has 1 aromatic carbocycles. The normalized spacial score (nSPS) is 11.3. The van der Waals surface area contributed by atoms with E-state index in [-0.39, 0.29) is 10.6 Å². The van der Waals surface area contributed by atoms with Gasteiger partial charge in [-0.3, -0.25) is 4.72 Å². The van der Waals surface area contributed by atoms with Crippen LogP contribution < -0.4 is 18.9 Å². The van der Waals surface area contributed by atoms with Gasteiger partial charge in [0.1, 0.15) is 4.90 Å². The summed E-state index contributed by atoms with van der Waals surface area (Å²) in [6, 6.07) is 4.58. The molecule has 0 saturated heterocycles. The predicted molar refractivity (Wildman–Crippen MR) is 109 cm³/mol. The van der Waals surface area contributed by atoms with Crippen LogP contribution in [-0.2, 0) is 16.4 Å². The average Bonchev–Trinajstić information content (AvgIpc) is 3.33. The van der Waals surface area contributed by atoms with Crippen LogP contribution in [-0.4, -0.2) is 39.9 Å². The second-order valence-electron chi connectivity index (χ2n) is 5.92. The second kappa shape index (κ2) is 8.29. The van der Waals surface area contributed by atoms with Crippen LogP contribution in [0.2, 0.25) is 0 Å². The first kappa shape index (κ1) is 20.9. The number of aryl methyl sites for hydroxylation is 2. The first-order valence-corrected chi connectivity index (χ1v) is 10.9. The van der Waals surface area contributed by atoms with Crippen molar-refractivity contribution in [2.45, 2.75) is 25.2 Å². The highest BCUT2D eigenvalue weighted by atomic mass is 32.2. The molecule has 2 heterocycles. The number of thiophene rings is 1. The Kier molecular flexibility index (Phi) is 5.99. The monoisotopic (exact) mass is 439 g/mol. The molecule has 0 aliphatic rings. The quantitative estimate of drug-likeness (QED) is 0.567. The lowest BCUT2D eigenvalue weighted by atomic mass is 10.2. The molecule has 3 aromatic rings. The Morgan fingerprint density at radius 3 is 2.28 bits per heavy atom. The summed E-state index contributed by atoms with van der Waals surface area (Å²) < 4.78 is 49.5. The highest BCUT2D eigenvalue weighted by molar-refractivity contribution is 7.93. The van der Waals surface area contributed by atoms with Gasteiger partial charge in [-0.1, -0.05) is 12.1 Å². The van der Waals surface area contributed by atoms with Crippen molar-refractivity contribution in [2.75, 3.05) is 26.1 Å². The standard InChI is InChI=1S/C18H21N3O6S2/c1-6-16-19-18(20-27-16)14-9-15(10(2)28-14)29(22,23)21-11-7-12(24-3)17(26-5)13(8-11)25-4/h7-9,21H,6H2,1-5H3. The Labute approximate surface area is 172 Å². The summed E-state index contributed by atoms with van der Waals surface area (Å²) >= 11 is 1.28. The molecule has 0 amide bonds. The van der Waals surface area contributed by atoms with Crippen LogP contribution in [0.25, 0.3) is 10.7 Å². The van der Waals surface area contributed by atoms with Gasteiger partial charge in [0.15, 0.2) is 11.5 Å². The minimum absolute atomic E-state index is 0.133. The Balaban J connectivity index is 1.96. The summed E-state index contributed by atoms with van der Waals surface area (Å²) in [5.41, 5.74) is 0.277. The first-order valence-electron chi connectivity index (χ1n) is 8.59. The van der Waals surface area contributed by atoms with Gasteiger partial charge in [-0.05, 0) is 13.0 Å². The van der Waals surface area contributed by atoms with Crippen LogP contribution >= 0.6 is 11.3 Å². The maximum Gasteiger partial charge on any atom is 0.263 e. The fourth-order valence-corrected chi connectivity index (χ4v) is 5.25. The molecular formula is C18H21N3O6S2. The third-order valence-electron chi connectivity index (χ3n) is 4.07. The lowest BCUT2D eigenvalue weighted by Crippen LogP contribution is -2.13. The highest BCUT2D eigenvalue weighted by Crippen LogP contribution is 2.41. The first-order chi connectivity index (χ1) is 13.8. The summed E-state index contributed by atoms with van der Waals surface area (Å²) in [5.74, 6) is 1.91. The molecule has 29 heavy (non-hydrogen) atoms. The number of ether oxygens (including phenoxy) is 3. The topological polar surface area (TPSA) is 113 Å². The average molecular weight is 440 g/mol. The van der Waals surface area contributed by atoms with Crippen molar-refractivity contribution in [2.24, 2.45) is 0 Å². The van der Waals surface area contributed by atoms with Gasteiger partial charge in [0.25, 0.3) is 10.0 Å². The zero-order chi connectivity index (χ0) is 21.2. The fraction of sp³-hybridized carbons (Fsp3) is 0.333. The molecule has 0 aliphatic carbocycles. The Morgan fingerprint density at radius 1 is 1.10 bits per heavy atom. The van der Waals surface area contributed by atoms with E-state index in [1.807, 2.05) is 6.92 Å². The molecule has 9 nitrogen and oxygen atoms in total. The van der Waals surface area contributed by atoms with E-state index in [9.17, 15) is 8.42 Å². The Hall–Kier alpha value is -2.79. The van der Waals surface area contributed by atoms with E-state index in [1.165, 1.54) is 50.9 Å². The number of methoxy groups -OCH3 is 3. The van der Waals surface area contributed by atoms with Crippen LogP contribution in [0, 0.1) is 6.92 Å². The van der Waals surface area contributed by atoms with E-state index in [2.05, 4.69) is 14.9 Å². The van der Waals surface area contributed by atoms with Crippen LogP contribution in [0.5, 0.6) is 17.2 Å². The molecule has 2 aromatic heterocycles. The minimum Gasteiger partial charge on any atom is -0.493 e. The van der Waals surface area contributed by atoms with Gasteiger partial charge in [-0.25, -0.2) is 8.42 Å². The molecule has 0 unspecified atom stereocenters. The number of hydrogen-bond acceptors (Lipinski definition) is 9. The van der Waals surface area contributed by atoms with Gasteiger partial charge >= 0.3 is 0 Å². The van der Waals surface area contributed by atoms with Crippen molar-refractivity contribution in [3.63, 3.8) is 0 Å². The summed E-state index contributed by atoms with van der Waals surface area (Å²) in [6.45, 7) is 3.62. The molecule has 11 heteroatoms. The summed E-state index contributed by atoms with van der Waals surface area (Å²) in [4.78, 5) is 5.60. The Morgan fingerprint density at radius 2 is 1.76 bits per heavy atom. The van der Waals surface area contributed by atoms with Crippen LogP contribution in [0.1, 0.15) is 17.7 Å². The van der Waals surface area contributed by atoms with E-state index in [0.29, 0.717) is 45.1 Å². The number of rotatable bonds is 8. The molecule has 0 bridgehead atoms. The molecule has 0 fully saturated rings. The Bertz CT molecular complexity index is 1100. The highest BCUT2D eigenvalue weighted by Gasteiger charge is 2.24. The molecular weight excluding hydrogens is 418 g/mol. The van der Waals surface area contributed by atoms with Gasteiger partial charge < -0.3 is 18.7 Å². The van der Waals surface area contributed by atoms with Crippen molar-refractivity contribution in [3.8, 4) is 28.0 Å². The van der Waals surface area contributed by atoms with Crippen molar-refractivity contribution in [3.05, 3.63) is 29.0 Å². The number of nitrogens with zero attached hydrogens (tertiary/aromatic N) is 2. The van der Waals surface area contributed by atoms with Crippen molar-refractivity contribution in [1.82, 2.24) is 10.1 Å². The summed E-state index contributed by atoms with van der Waals surface area (Å²) in [6.07, 6.45) is 0.602. The largest absolute Gasteiger partial charge is 0.493 e.